The maximum atomic E-state index is 13.0. The Morgan fingerprint density at radius 2 is 2.00 bits per heavy atom. The number of fused-ring (bicyclic) bond motifs is 1. The number of rotatable bonds is 6. The van der Waals surface area contributed by atoms with E-state index in [1.807, 2.05) is 12.1 Å². The van der Waals surface area contributed by atoms with E-state index in [4.69, 9.17) is 4.74 Å². The van der Waals surface area contributed by atoms with Crippen molar-refractivity contribution >= 4 is 38.6 Å². The minimum Gasteiger partial charge on any atom is -0.383 e. The molecule has 0 aliphatic carbocycles. The molecule has 0 saturated carbocycles. The summed E-state index contributed by atoms with van der Waals surface area (Å²) in [7, 11) is 1.60. The highest BCUT2D eigenvalue weighted by atomic mass is 79.9. The predicted octanol–water partition coefficient (Wildman–Crippen LogP) is 4.24. The molecule has 0 aliphatic heterocycles. The first-order valence-corrected chi connectivity index (χ1v) is 9.42. The molecule has 0 unspecified atom stereocenters. The molecule has 0 amide bonds. The van der Waals surface area contributed by atoms with Gasteiger partial charge >= 0.3 is 0 Å². The molecule has 7 heteroatoms. The smallest absolute Gasteiger partial charge is 0.262 e. The average Bonchev–Trinajstić information content (AvgIpc) is 2.61. The quantitative estimate of drug-likeness (QED) is 0.440. The van der Waals surface area contributed by atoms with E-state index in [-0.39, 0.29) is 11.4 Å². The van der Waals surface area contributed by atoms with Gasteiger partial charge in [-0.1, -0.05) is 39.8 Å². The Bertz CT molecular complexity index is 944. The molecule has 4 nitrogen and oxygen atoms in total. The predicted molar refractivity (Wildman–Crippen MR) is 102 cm³/mol. The van der Waals surface area contributed by atoms with Gasteiger partial charge in [-0.05, 0) is 35.9 Å². The summed E-state index contributed by atoms with van der Waals surface area (Å²) in [5, 5.41) is 1.19. The fraction of sp³-hybridized carbons (Fsp3) is 0.222. The highest BCUT2D eigenvalue weighted by Gasteiger charge is 2.12. The van der Waals surface area contributed by atoms with E-state index in [1.165, 1.54) is 23.9 Å². The molecule has 1 heterocycles. The number of methoxy groups -OCH3 is 1. The fourth-order valence-electron chi connectivity index (χ4n) is 2.39. The lowest BCUT2D eigenvalue weighted by molar-refractivity contribution is 0.183. The summed E-state index contributed by atoms with van der Waals surface area (Å²) in [6, 6.07) is 11.8. The number of thioether (sulfide) groups is 1. The molecular weight excluding hydrogens is 407 g/mol. The van der Waals surface area contributed by atoms with Crippen LogP contribution in [0.25, 0.3) is 10.9 Å². The maximum Gasteiger partial charge on any atom is 0.262 e. The number of ether oxygens (including phenoxy) is 1. The zero-order valence-electron chi connectivity index (χ0n) is 13.5. The summed E-state index contributed by atoms with van der Waals surface area (Å²) >= 11 is 4.84. The van der Waals surface area contributed by atoms with E-state index in [9.17, 15) is 9.18 Å². The lowest BCUT2D eigenvalue weighted by Crippen LogP contribution is -2.25. The molecule has 0 spiro atoms. The Hall–Kier alpha value is -1.70. The largest absolute Gasteiger partial charge is 0.383 e. The van der Waals surface area contributed by atoms with Gasteiger partial charge in [0, 0.05) is 17.3 Å². The lowest BCUT2D eigenvalue weighted by Gasteiger charge is -2.13. The van der Waals surface area contributed by atoms with E-state index in [0.717, 1.165) is 10.0 Å². The Morgan fingerprint density at radius 1 is 1.24 bits per heavy atom. The van der Waals surface area contributed by atoms with Gasteiger partial charge in [-0.25, -0.2) is 9.37 Å². The first kappa shape index (κ1) is 18.1. The van der Waals surface area contributed by atoms with Gasteiger partial charge in [-0.15, -0.1) is 0 Å². The number of aromatic nitrogens is 2. The molecular formula is C18H16BrFN2O2S. The SMILES string of the molecule is COCCn1c(SCc2ccc(F)cc2)nc2ccc(Br)cc2c1=O. The van der Waals surface area contributed by atoms with Gasteiger partial charge in [0.15, 0.2) is 5.16 Å². The molecule has 130 valence electrons. The monoisotopic (exact) mass is 422 g/mol. The maximum absolute atomic E-state index is 13.0. The summed E-state index contributed by atoms with van der Waals surface area (Å²) < 4.78 is 20.6. The van der Waals surface area contributed by atoms with E-state index < -0.39 is 0 Å². The van der Waals surface area contributed by atoms with Crippen LogP contribution in [0.15, 0.2) is 56.9 Å². The second-order valence-electron chi connectivity index (χ2n) is 5.42. The van der Waals surface area contributed by atoms with Crippen LogP contribution in [0.1, 0.15) is 5.56 Å². The number of hydrogen-bond acceptors (Lipinski definition) is 4. The second-order valence-corrected chi connectivity index (χ2v) is 7.28. The zero-order chi connectivity index (χ0) is 17.8. The highest BCUT2D eigenvalue weighted by Crippen LogP contribution is 2.23. The molecule has 0 fully saturated rings. The van der Waals surface area contributed by atoms with Gasteiger partial charge in [0.1, 0.15) is 5.82 Å². The number of hydrogen-bond donors (Lipinski definition) is 0. The standard InChI is InChI=1S/C18H16BrFN2O2S/c1-24-9-8-22-17(23)15-10-13(19)4-7-16(15)21-18(22)25-11-12-2-5-14(20)6-3-12/h2-7,10H,8-9,11H2,1H3. The Labute approximate surface area is 157 Å². The van der Waals surface area contributed by atoms with Crippen LogP contribution in [0.2, 0.25) is 0 Å². The Kier molecular flexibility index (Phi) is 5.88. The summed E-state index contributed by atoms with van der Waals surface area (Å²) in [5.74, 6) is 0.335. The van der Waals surface area contributed by atoms with Gasteiger partial charge in [0.05, 0.1) is 24.1 Å². The minimum atomic E-state index is -0.264. The molecule has 0 N–H and O–H groups in total. The number of halogens is 2. The van der Waals surface area contributed by atoms with Crippen molar-refractivity contribution in [2.75, 3.05) is 13.7 Å². The van der Waals surface area contributed by atoms with Crippen LogP contribution in [-0.4, -0.2) is 23.3 Å². The number of benzene rings is 2. The van der Waals surface area contributed by atoms with E-state index in [2.05, 4.69) is 20.9 Å². The van der Waals surface area contributed by atoms with Crippen molar-refractivity contribution in [3.05, 3.63) is 68.7 Å². The third-order valence-electron chi connectivity index (χ3n) is 3.68. The summed E-state index contributed by atoms with van der Waals surface area (Å²) in [4.78, 5) is 17.5. The number of nitrogens with zero attached hydrogens (tertiary/aromatic N) is 2. The molecule has 0 atom stereocenters. The normalized spacial score (nSPS) is 11.2. The van der Waals surface area contributed by atoms with Gasteiger partial charge < -0.3 is 4.74 Å². The first-order chi connectivity index (χ1) is 12.1. The van der Waals surface area contributed by atoms with Crippen molar-refractivity contribution in [1.82, 2.24) is 9.55 Å². The third-order valence-corrected chi connectivity index (χ3v) is 5.22. The first-order valence-electron chi connectivity index (χ1n) is 7.65. The van der Waals surface area contributed by atoms with Crippen molar-refractivity contribution in [2.45, 2.75) is 17.5 Å². The molecule has 0 saturated heterocycles. The van der Waals surface area contributed by atoms with Gasteiger partial charge in [-0.3, -0.25) is 9.36 Å². The van der Waals surface area contributed by atoms with Crippen LogP contribution in [-0.2, 0) is 17.0 Å². The summed E-state index contributed by atoms with van der Waals surface area (Å²) in [6.45, 7) is 0.849. The van der Waals surface area contributed by atoms with Crippen LogP contribution >= 0.6 is 27.7 Å². The molecule has 3 aromatic rings. The molecule has 0 radical (unpaired) electrons. The second kappa shape index (κ2) is 8.12. The van der Waals surface area contributed by atoms with Gasteiger partial charge in [0.2, 0.25) is 0 Å². The van der Waals surface area contributed by atoms with Gasteiger partial charge in [-0.2, -0.15) is 0 Å². The Balaban J connectivity index is 1.97. The summed E-state index contributed by atoms with van der Waals surface area (Å²) in [6.07, 6.45) is 0. The lowest BCUT2D eigenvalue weighted by atomic mass is 10.2. The van der Waals surface area contributed by atoms with Crippen LogP contribution in [0.3, 0.4) is 0 Å². The van der Waals surface area contributed by atoms with E-state index in [1.54, 1.807) is 29.9 Å². The van der Waals surface area contributed by atoms with Crippen molar-refractivity contribution in [1.29, 1.82) is 0 Å². The average molecular weight is 423 g/mol. The van der Waals surface area contributed by atoms with Gasteiger partial charge in [0.25, 0.3) is 5.56 Å². The molecule has 0 aliphatic rings. The van der Waals surface area contributed by atoms with E-state index in [0.29, 0.717) is 35.0 Å². The van der Waals surface area contributed by atoms with Crippen LogP contribution < -0.4 is 5.56 Å². The van der Waals surface area contributed by atoms with Crippen LogP contribution in [0.5, 0.6) is 0 Å². The fourth-order valence-corrected chi connectivity index (χ4v) is 3.73. The highest BCUT2D eigenvalue weighted by molar-refractivity contribution is 9.10. The molecule has 3 rings (SSSR count). The van der Waals surface area contributed by atoms with Crippen LogP contribution in [0.4, 0.5) is 4.39 Å². The molecule has 1 aromatic heterocycles. The zero-order valence-corrected chi connectivity index (χ0v) is 15.9. The van der Waals surface area contributed by atoms with Crippen molar-refractivity contribution < 1.29 is 9.13 Å². The van der Waals surface area contributed by atoms with Crippen molar-refractivity contribution in [3.8, 4) is 0 Å². The summed E-state index contributed by atoms with van der Waals surface area (Å²) in [5.41, 5.74) is 1.53. The topological polar surface area (TPSA) is 44.1 Å². The third kappa shape index (κ3) is 4.29. The van der Waals surface area contributed by atoms with Crippen molar-refractivity contribution in [3.63, 3.8) is 0 Å². The Morgan fingerprint density at radius 3 is 2.72 bits per heavy atom. The minimum absolute atomic E-state index is 0.0926. The van der Waals surface area contributed by atoms with Crippen molar-refractivity contribution in [2.24, 2.45) is 0 Å². The molecule has 25 heavy (non-hydrogen) atoms. The van der Waals surface area contributed by atoms with E-state index >= 15 is 0 Å². The van der Waals surface area contributed by atoms with Crippen LogP contribution in [0, 0.1) is 5.82 Å². The molecule has 0 bridgehead atoms. The molecule has 2 aromatic carbocycles.